The maximum Gasteiger partial charge on any atom is 0.308 e. The summed E-state index contributed by atoms with van der Waals surface area (Å²) in [5.41, 5.74) is -0.376. The number of carbonyl (C=O) groups excluding carboxylic acids is 1. The van der Waals surface area contributed by atoms with Crippen molar-refractivity contribution in [3.05, 3.63) is 22.4 Å². The number of H-pyrrole nitrogens is 2. The van der Waals surface area contributed by atoms with Crippen LogP contribution in [0.25, 0.3) is 11.0 Å². The number of hydrogen-bond donors (Lipinski definition) is 4. The first-order valence-electron chi connectivity index (χ1n) is 5.98. The highest BCUT2D eigenvalue weighted by molar-refractivity contribution is 5.77. The molecule has 20 heavy (non-hydrogen) atoms. The zero-order valence-electron chi connectivity index (χ0n) is 10.7. The molecule has 2 aromatic heterocycles. The molecule has 0 fully saturated rings. The summed E-state index contributed by atoms with van der Waals surface area (Å²) in [6, 6.07) is 0. The van der Waals surface area contributed by atoms with Crippen molar-refractivity contribution < 1.29 is 19.7 Å². The largest absolute Gasteiger partial charge is 0.466 e. The van der Waals surface area contributed by atoms with Gasteiger partial charge >= 0.3 is 5.97 Å². The lowest BCUT2D eigenvalue weighted by Gasteiger charge is -2.15. The number of carbonyl (C=O) groups is 1. The second kappa shape index (κ2) is 5.80. The molecule has 2 rings (SSSR count). The number of rotatable bonds is 5. The van der Waals surface area contributed by atoms with E-state index in [9.17, 15) is 19.8 Å². The van der Waals surface area contributed by atoms with Gasteiger partial charge in [0.2, 0.25) is 0 Å². The van der Waals surface area contributed by atoms with Gasteiger partial charge in [0.05, 0.1) is 31.2 Å². The third-order valence-corrected chi connectivity index (χ3v) is 2.73. The molecule has 0 aliphatic carbocycles. The Morgan fingerprint density at radius 1 is 1.50 bits per heavy atom. The number of aliphatic hydroxyl groups excluding tert-OH is 2. The molecule has 0 aromatic carbocycles. The summed E-state index contributed by atoms with van der Waals surface area (Å²) in [6.45, 7) is 1.81. The highest BCUT2D eigenvalue weighted by Crippen LogP contribution is 2.21. The van der Waals surface area contributed by atoms with Crippen molar-refractivity contribution in [1.29, 1.82) is 0 Å². The van der Waals surface area contributed by atoms with Gasteiger partial charge in [0.25, 0.3) is 5.56 Å². The van der Waals surface area contributed by atoms with Crippen LogP contribution in [0.1, 0.15) is 25.1 Å². The quantitative estimate of drug-likeness (QED) is 0.515. The van der Waals surface area contributed by atoms with Gasteiger partial charge < -0.3 is 19.9 Å². The summed E-state index contributed by atoms with van der Waals surface area (Å²) < 4.78 is 4.68. The summed E-state index contributed by atoms with van der Waals surface area (Å²) in [7, 11) is 0. The van der Waals surface area contributed by atoms with Gasteiger partial charge in [-0.1, -0.05) is 0 Å². The Kier molecular flexibility index (Phi) is 4.11. The van der Waals surface area contributed by atoms with Crippen LogP contribution in [0.15, 0.2) is 11.1 Å². The van der Waals surface area contributed by atoms with E-state index in [0.29, 0.717) is 0 Å². The van der Waals surface area contributed by atoms with Crippen LogP contribution >= 0.6 is 0 Å². The molecule has 0 spiro atoms. The minimum Gasteiger partial charge on any atom is -0.466 e. The maximum atomic E-state index is 11.7. The van der Waals surface area contributed by atoms with Crippen LogP contribution in [0.2, 0.25) is 0 Å². The number of nitrogens with zero attached hydrogens (tertiary/aromatic N) is 2. The minimum absolute atomic E-state index is 0.00569. The van der Waals surface area contributed by atoms with E-state index < -0.39 is 30.2 Å². The van der Waals surface area contributed by atoms with Crippen LogP contribution in [-0.2, 0) is 9.53 Å². The lowest BCUT2D eigenvalue weighted by molar-refractivity contribution is -0.147. The minimum atomic E-state index is -1.48. The molecule has 2 heterocycles. The molecule has 0 saturated heterocycles. The van der Waals surface area contributed by atoms with E-state index in [1.807, 2.05) is 0 Å². The summed E-state index contributed by atoms with van der Waals surface area (Å²) in [4.78, 5) is 29.1. The molecule has 0 aliphatic heterocycles. The van der Waals surface area contributed by atoms with Crippen molar-refractivity contribution >= 4 is 17.0 Å². The molecule has 4 N–H and O–H groups in total. The molecule has 2 atom stereocenters. The highest BCUT2D eigenvalue weighted by Gasteiger charge is 2.26. The predicted octanol–water partition coefficient (Wildman–Crippen LogP) is -1.01. The third kappa shape index (κ3) is 2.68. The first-order valence-corrected chi connectivity index (χ1v) is 5.98. The number of aliphatic hydroxyl groups is 2. The number of aromatic nitrogens is 4. The molecule has 0 saturated carbocycles. The average Bonchev–Trinajstić information content (AvgIpc) is 2.83. The Morgan fingerprint density at radius 3 is 2.95 bits per heavy atom. The van der Waals surface area contributed by atoms with Gasteiger partial charge in [-0.15, -0.1) is 0 Å². The van der Waals surface area contributed by atoms with Crippen LogP contribution in [0.3, 0.4) is 0 Å². The fraction of sp³-hybridized carbons (Fsp3) is 0.455. The highest BCUT2D eigenvalue weighted by atomic mass is 16.5. The van der Waals surface area contributed by atoms with Crippen LogP contribution in [-0.4, -0.2) is 49.1 Å². The number of hydrogen-bond acceptors (Lipinski definition) is 7. The Labute approximate surface area is 112 Å². The van der Waals surface area contributed by atoms with Crippen LogP contribution in [0.5, 0.6) is 0 Å². The number of aromatic amines is 2. The number of ether oxygens (including phenoxy) is 1. The summed E-state index contributed by atoms with van der Waals surface area (Å²) in [6.07, 6.45) is -2.11. The van der Waals surface area contributed by atoms with Crippen LogP contribution in [0, 0.1) is 0 Å². The third-order valence-electron chi connectivity index (χ3n) is 2.73. The molecule has 0 bridgehead atoms. The molecule has 2 unspecified atom stereocenters. The SMILES string of the molecule is CCOC(=O)CC(O)C(O)c1[nH]nc2nc[nH]c(=O)c12. The van der Waals surface area contributed by atoms with Gasteiger partial charge in [-0.05, 0) is 6.92 Å². The topological polar surface area (TPSA) is 141 Å². The molecule has 9 nitrogen and oxygen atoms in total. The number of esters is 1. The van der Waals surface area contributed by atoms with Crippen LogP contribution in [0.4, 0.5) is 0 Å². The van der Waals surface area contributed by atoms with Gasteiger partial charge in [0.15, 0.2) is 5.65 Å². The summed E-state index contributed by atoms with van der Waals surface area (Å²) >= 11 is 0. The van der Waals surface area contributed by atoms with Gasteiger partial charge in [-0.3, -0.25) is 14.7 Å². The van der Waals surface area contributed by atoms with E-state index in [0.717, 1.165) is 0 Å². The van der Waals surface area contributed by atoms with Crippen molar-refractivity contribution in [2.24, 2.45) is 0 Å². The lowest BCUT2D eigenvalue weighted by Crippen LogP contribution is -2.24. The Hall–Kier alpha value is -2.26. The molecular formula is C11H14N4O5. The van der Waals surface area contributed by atoms with Gasteiger partial charge in [0.1, 0.15) is 11.5 Å². The normalized spacial score (nSPS) is 14.2. The fourth-order valence-corrected chi connectivity index (χ4v) is 1.80. The van der Waals surface area contributed by atoms with Gasteiger partial charge in [-0.25, -0.2) is 4.98 Å². The first-order chi connectivity index (χ1) is 9.54. The molecule has 9 heteroatoms. The smallest absolute Gasteiger partial charge is 0.308 e. The van der Waals surface area contributed by atoms with E-state index in [-0.39, 0.29) is 23.3 Å². The van der Waals surface area contributed by atoms with E-state index in [1.54, 1.807) is 6.92 Å². The Balaban J connectivity index is 2.25. The van der Waals surface area contributed by atoms with Crippen LogP contribution < -0.4 is 5.56 Å². The molecule has 0 aliphatic rings. The van der Waals surface area contributed by atoms with E-state index in [4.69, 9.17) is 0 Å². The monoisotopic (exact) mass is 282 g/mol. The summed E-state index contributed by atoms with van der Waals surface area (Å²) in [5, 5.41) is 26.1. The van der Waals surface area contributed by atoms with Gasteiger partial charge in [0, 0.05) is 0 Å². The molecular weight excluding hydrogens is 268 g/mol. The van der Waals surface area contributed by atoms with E-state index in [2.05, 4.69) is 24.9 Å². The maximum absolute atomic E-state index is 11.7. The predicted molar refractivity (Wildman–Crippen MR) is 66.7 cm³/mol. The standard InChI is InChI=1S/C11H14N4O5/c1-2-20-6(17)3-5(16)9(18)8-7-10(15-14-8)12-4-13-11(7)19/h4-5,9,16,18H,2-3H2,1H3,(H2,12,13,14,15,19). The molecule has 2 aromatic rings. The van der Waals surface area contributed by atoms with Crippen molar-refractivity contribution in [1.82, 2.24) is 20.2 Å². The second-order valence-corrected chi connectivity index (χ2v) is 4.09. The van der Waals surface area contributed by atoms with Crippen molar-refractivity contribution in [3.63, 3.8) is 0 Å². The van der Waals surface area contributed by atoms with Crippen molar-refractivity contribution in [2.45, 2.75) is 25.6 Å². The molecule has 0 radical (unpaired) electrons. The second-order valence-electron chi connectivity index (χ2n) is 4.09. The summed E-state index contributed by atoms with van der Waals surface area (Å²) in [5.74, 6) is -0.644. The first kappa shape index (κ1) is 14.2. The number of fused-ring (bicyclic) bond motifs is 1. The Bertz CT molecular complexity index is 664. The Morgan fingerprint density at radius 2 is 2.25 bits per heavy atom. The zero-order valence-corrected chi connectivity index (χ0v) is 10.7. The van der Waals surface area contributed by atoms with Crippen molar-refractivity contribution in [2.75, 3.05) is 6.61 Å². The van der Waals surface area contributed by atoms with E-state index in [1.165, 1.54) is 6.33 Å². The average molecular weight is 282 g/mol. The fourth-order valence-electron chi connectivity index (χ4n) is 1.80. The molecule has 0 amide bonds. The van der Waals surface area contributed by atoms with E-state index >= 15 is 0 Å². The van der Waals surface area contributed by atoms with Crippen molar-refractivity contribution in [3.8, 4) is 0 Å². The zero-order chi connectivity index (χ0) is 14.7. The lowest BCUT2D eigenvalue weighted by atomic mass is 10.1. The number of nitrogens with one attached hydrogen (secondary N) is 2. The molecule has 108 valence electrons. The van der Waals surface area contributed by atoms with Gasteiger partial charge in [-0.2, -0.15) is 5.10 Å².